The van der Waals surface area contributed by atoms with E-state index in [4.69, 9.17) is 13.9 Å². The lowest BCUT2D eigenvalue weighted by atomic mass is 10.1. The zero-order valence-electron chi connectivity index (χ0n) is 15.6. The van der Waals surface area contributed by atoms with E-state index in [9.17, 15) is 4.79 Å². The van der Waals surface area contributed by atoms with E-state index in [0.717, 1.165) is 16.8 Å². The summed E-state index contributed by atoms with van der Waals surface area (Å²) in [7, 11) is 3.21. The highest BCUT2D eigenvalue weighted by molar-refractivity contribution is 7.98. The number of fused-ring (bicyclic) bond motifs is 1. The summed E-state index contributed by atoms with van der Waals surface area (Å²) < 4.78 is 16.4. The maximum Gasteiger partial charge on any atom is 0.251 e. The highest BCUT2D eigenvalue weighted by Crippen LogP contribution is 2.29. The number of ether oxygens (including phenoxy) is 2. The molecule has 1 aromatic heterocycles. The Morgan fingerprint density at radius 1 is 1.15 bits per heavy atom. The van der Waals surface area contributed by atoms with Crippen molar-refractivity contribution in [3.8, 4) is 11.5 Å². The van der Waals surface area contributed by atoms with Crippen molar-refractivity contribution in [2.24, 2.45) is 0 Å². The number of nitrogens with zero attached hydrogens (tertiary/aromatic N) is 1. The topological polar surface area (TPSA) is 73.6 Å². The monoisotopic (exact) mass is 386 g/mol. The van der Waals surface area contributed by atoms with E-state index in [0.29, 0.717) is 41.5 Å². The van der Waals surface area contributed by atoms with E-state index in [1.54, 1.807) is 44.2 Å². The number of carbonyl (C=O) groups is 1. The number of oxazole rings is 1. The van der Waals surface area contributed by atoms with Gasteiger partial charge in [-0.25, -0.2) is 4.98 Å². The van der Waals surface area contributed by atoms with Crippen LogP contribution in [0.15, 0.2) is 40.8 Å². The molecule has 0 aliphatic heterocycles. The molecule has 142 valence electrons. The molecule has 0 bridgehead atoms. The number of amides is 1. The normalized spacial score (nSPS) is 10.8. The number of thioether (sulfide) groups is 1. The van der Waals surface area contributed by atoms with Crippen molar-refractivity contribution in [2.45, 2.75) is 6.42 Å². The zero-order valence-corrected chi connectivity index (χ0v) is 16.4. The van der Waals surface area contributed by atoms with E-state index in [2.05, 4.69) is 10.3 Å². The number of aromatic nitrogens is 1. The van der Waals surface area contributed by atoms with Crippen LogP contribution in [-0.2, 0) is 6.42 Å². The van der Waals surface area contributed by atoms with Crippen LogP contribution >= 0.6 is 11.8 Å². The molecule has 1 heterocycles. The Balaban J connectivity index is 1.77. The first-order valence-electron chi connectivity index (χ1n) is 8.52. The van der Waals surface area contributed by atoms with Gasteiger partial charge in [-0.1, -0.05) is 6.07 Å². The second-order valence-corrected chi connectivity index (χ2v) is 6.89. The molecule has 0 spiro atoms. The third-order valence-electron chi connectivity index (χ3n) is 4.09. The predicted molar refractivity (Wildman–Crippen MR) is 107 cm³/mol. The Hall–Kier alpha value is -2.67. The fourth-order valence-corrected chi connectivity index (χ4v) is 3.03. The van der Waals surface area contributed by atoms with E-state index in [-0.39, 0.29) is 5.91 Å². The van der Waals surface area contributed by atoms with E-state index >= 15 is 0 Å². The van der Waals surface area contributed by atoms with Crippen molar-refractivity contribution in [3.05, 3.63) is 53.4 Å². The quantitative estimate of drug-likeness (QED) is 0.597. The van der Waals surface area contributed by atoms with Crippen molar-refractivity contribution in [2.75, 3.05) is 32.8 Å². The predicted octanol–water partition coefficient (Wildman–Crippen LogP) is 3.53. The van der Waals surface area contributed by atoms with Crippen molar-refractivity contribution >= 4 is 28.8 Å². The van der Waals surface area contributed by atoms with Crippen LogP contribution in [-0.4, -0.2) is 43.7 Å². The third-order valence-corrected chi connectivity index (χ3v) is 4.70. The maximum absolute atomic E-state index is 12.2. The van der Waals surface area contributed by atoms with Crippen LogP contribution in [0.5, 0.6) is 11.5 Å². The fraction of sp³-hybridized carbons (Fsp3) is 0.300. The van der Waals surface area contributed by atoms with Crippen LogP contribution in [0.1, 0.15) is 21.8 Å². The Labute approximate surface area is 162 Å². The first kappa shape index (κ1) is 19.1. The average molecular weight is 386 g/mol. The van der Waals surface area contributed by atoms with Crippen LogP contribution in [0.25, 0.3) is 11.1 Å². The van der Waals surface area contributed by atoms with Crippen LogP contribution < -0.4 is 14.8 Å². The largest absolute Gasteiger partial charge is 0.493 e. The number of carbonyl (C=O) groups excluding carboxylic acids is 1. The number of hydrogen-bond acceptors (Lipinski definition) is 6. The Kier molecular flexibility index (Phi) is 6.24. The minimum absolute atomic E-state index is 0.108. The lowest BCUT2D eigenvalue weighted by Crippen LogP contribution is -2.25. The van der Waals surface area contributed by atoms with Gasteiger partial charge in [-0.15, -0.1) is 0 Å². The lowest BCUT2D eigenvalue weighted by molar-refractivity contribution is 0.0956. The molecule has 0 fully saturated rings. The van der Waals surface area contributed by atoms with Gasteiger partial charge in [0.2, 0.25) is 0 Å². The Morgan fingerprint density at radius 3 is 2.70 bits per heavy atom. The van der Waals surface area contributed by atoms with Crippen molar-refractivity contribution < 1.29 is 18.7 Å². The van der Waals surface area contributed by atoms with E-state index < -0.39 is 0 Å². The van der Waals surface area contributed by atoms with Crippen LogP contribution in [0, 0.1) is 0 Å². The summed E-state index contributed by atoms with van der Waals surface area (Å²) in [5.41, 5.74) is 2.89. The number of hydrogen-bond donors (Lipinski definition) is 1. The molecular formula is C20H22N2O4S. The van der Waals surface area contributed by atoms with Crippen LogP contribution in [0.3, 0.4) is 0 Å². The third kappa shape index (κ3) is 4.54. The molecule has 0 aliphatic carbocycles. The van der Waals surface area contributed by atoms with Gasteiger partial charge in [0.25, 0.3) is 5.91 Å². The Morgan fingerprint density at radius 2 is 1.96 bits per heavy atom. The minimum Gasteiger partial charge on any atom is -0.493 e. The van der Waals surface area contributed by atoms with Gasteiger partial charge in [0.1, 0.15) is 5.52 Å². The number of methoxy groups -OCH3 is 2. The van der Waals surface area contributed by atoms with Gasteiger partial charge in [0.15, 0.2) is 23.0 Å². The fourth-order valence-electron chi connectivity index (χ4n) is 2.72. The standard InChI is InChI=1S/C20H22N2O4S/c1-24-16-7-4-13(10-18(16)25-2)11-19-22-15-6-5-14(12-17(15)26-19)20(23)21-8-9-27-3/h4-7,10,12H,8-9,11H2,1-3H3,(H,21,23). The van der Waals surface area contributed by atoms with Gasteiger partial charge < -0.3 is 19.2 Å². The summed E-state index contributed by atoms with van der Waals surface area (Å²) in [5.74, 6) is 2.69. The SMILES string of the molecule is COc1ccc(Cc2nc3ccc(C(=O)NCCSC)cc3o2)cc1OC. The minimum atomic E-state index is -0.108. The molecule has 1 N–H and O–H groups in total. The maximum atomic E-state index is 12.2. The first-order chi connectivity index (χ1) is 13.1. The molecule has 1 amide bonds. The number of nitrogens with one attached hydrogen (secondary N) is 1. The molecule has 6 nitrogen and oxygen atoms in total. The molecule has 3 rings (SSSR count). The summed E-state index contributed by atoms with van der Waals surface area (Å²) in [5, 5.41) is 2.89. The summed E-state index contributed by atoms with van der Waals surface area (Å²) in [4.78, 5) is 16.7. The molecule has 2 aromatic carbocycles. The van der Waals surface area contributed by atoms with Gasteiger partial charge in [0, 0.05) is 24.3 Å². The molecule has 0 saturated carbocycles. The molecule has 7 heteroatoms. The summed E-state index contributed by atoms with van der Waals surface area (Å²) in [6, 6.07) is 11.0. The summed E-state index contributed by atoms with van der Waals surface area (Å²) >= 11 is 1.69. The van der Waals surface area contributed by atoms with Crippen molar-refractivity contribution in [3.63, 3.8) is 0 Å². The summed E-state index contributed by atoms with van der Waals surface area (Å²) in [6.45, 7) is 0.638. The van der Waals surface area contributed by atoms with E-state index in [1.807, 2.05) is 24.5 Å². The van der Waals surface area contributed by atoms with Gasteiger partial charge in [-0.3, -0.25) is 4.79 Å². The molecule has 0 unspecified atom stereocenters. The number of benzene rings is 2. The van der Waals surface area contributed by atoms with Gasteiger partial charge >= 0.3 is 0 Å². The van der Waals surface area contributed by atoms with Crippen LogP contribution in [0.4, 0.5) is 0 Å². The number of rotatable bonds is 8. The van der Waals surface area contributed by atoms with Gasteiger partial charge in [-0.05, 0) is 42.2 Å². The van der Waals surface area contributed by atoms with E-state index in [1.165, 1.54) is 0 Å². The average Bonchev–Trinajstić information content (AvgIpc) is 3.09. The van der Waals surface area contributed by atoms with Gasteiger partial charge in [-0.2, -0.15) is 11.8 Å². The molecule has 0 saturated heterocycles. The molecular weight excluding hydrogens is 364 g/mol. The Bertz CT molecular complexity index is 939. The zero-order chi connectivity index (χ0) is 19.2. The smallest absolute Gasteiger partial charge is 0.251 e. The lowest BCUT2D eigenvalue weighted by Gasteiger charge is -2.08. The van der Waals surface area contributed by atoms with Crippen LogP contribution in [0.2, 0.25) is 0 Å². The summed E-state index contributed by atoms with van der Waals surface area (Å²) in [6.07, 6.45) is 2.52. The second-order valence-electron chi connectivity index (χ2n) is 5.90. The van der Waals surface area contributed by atoms with Crippen molar-refractivity contribution in [1.82, 2.24) is 10.3 Å². The molecule has 0 aliphatic rings. The molecule has 0 radical (unpaired) electrons. The van der Waals surface area contributed by atoms with Crippen molar-refractivity contribution in [1.29, 1.82) is 0 Å². The first-order valence-corrected chi connectivity index (χ1v) is 9.91. The highest BCUT2D eigenvalue weighted by atomic mass is 32.2. The highest BCUT2D eigenvalue weighted by Gasteiger charge is 2.12. The van der Waals surface area contributed by atoms with Gasteiger partial charge in [0.05, 0.1) is 14.2 Å². The molecule has 3 aromatic rings. The molecule has 27 heavy (non-hydrogen) atoms. The second kappa shape index (κ2) is 8.81. The molecule has 0 atom stereocenters.